The van der Waals surface area contributed by atoms with Crippen molar-refractivity contribution in [3.05, 3.63) is 35.1 Å². The average molecular weight is 190 g/mol. The van der Waals surface area contributed by atoms with Crippen LogP contribution in [0.15, 0.2) is 12.1 Å². The third-order valence-corrected chi connectivity index (χ3v) is 2.34. The maximum absolute atomic E-state index is 12.6. The van der Waals surface area contributed by atoms with E-state index in [-0.39, 0.29) is 5.54 Å². The Labute approximate surface area is 71.8 Å². The highest BCUT2D eigenvalue weighted by molar-refractivity contribution is 6.12. The van der Waals surface area contributed by atoms with Gasteiger partial charge in [-0.2, -0.15) is 0 Å². The minimum absolute atomic E-state index is 0.134. The van der Waals surface area contributed by atoms with Gasteiger partial charge in [0.2, 0.25) is 0 Å². The summed E-state index contributed by atoms with van der Waals surface area (Å²) in [6.07, 6.45) is 0. The second-order valence-electron chi connectivity index (χ2n) is 2.95. The molecule has 0 radical (unpaired) electrons. The van der Waals surface area contributed by atoms with E-state index in [4.69, 9.17) is 0 Å². The van der Waals surface area contributed by atoms with Crippen molar-refractivity contribution in [2.24, 2.45) is 0 Å². The van der Waals surface area contributed by atoms with Gasteiger partial charge in [-0.3, -0.25) is 0 Å². The maximum Gasteiger partial charge on any atom is 0.194 e. The zero-order valence-corrected chi connectivity index (χ0v) is 8.87. The molecule has 1 atom stereocenters. The molecule has 0 aliphatic heterocycles. The predicted octanol–water partition coefficient (Wildman–Crippen LogP) is 1.53. The van der Waals surface area contributed by atoms with Gasteiger partial charge in [-0.05, 0) is 23.2 Å². The van der Waals surface area contributed by atoms with E-state index in [1.165, 1.54) is 0 Å². The number of rotatable bonds is 1. The first kappa shape index (κ1) is 9.32. The van der Waals surface area contributed by atoms with Gasteiger partial charge >= 0.3 is 0 Å². The van der Waals surface area contributed by atoms with Gasteiger partial charge in [-0.1, -0.05) is 6.92 Å². The van der Waals surface area contributed by atoms with E-state index in [0.29, 0.717) is 5.56 Å². The lowest BCUT2D eigenvalue weighted by Gasteiger charge is -2.05. The Morgan fingerprint density at radius 2 is 1.58 bits per heavy atom. The zero-order chi connectivity index (χ0) is 9.30. The Kier molecular flexibility index (Phi) is 2.57. The molecule has 0 nitrogen and oxygen atoms in total. The molecular formula is C8H9F3Si. The van der Waals surface area contributed by atoms with E-state index < -0.39 is 17.5 Å². The van der Waals surface area contributed by atoms with E-state index in [9.17, 15) is 13.2 Å². The molecule has 0 spiro atoms. The second kappa shape index (κ2) is 3.31. The Morgan fingerprint density at radius 3 is 1.92 bits per heavy atom. The van der Waals surface area contributed by atoms with Crippen molar-refractivity contribution >= 4 is 10.2 Å². The van der Waals surface area contributed by atoms with Gasteiger partial charge in [0.25, 0.3) is 0 Å². The number of benzene rings is 1. The molecule has 1 rings (SSSR count). The summed E-state index contributed by atoms with van der Waals surface area (Å²) >= 11 is 0. The van der Waals surface area contributed by atoms with Crippen LogP contribution in [0.5, 0.6) is 0 Å². The highest BCUT2D eigenvalue weighted by atomic mass is 28.1. The third-order valence-electron chi connectivity index (χ3n) is 1.67. The van der Waals surface area contributed by atoms with Crippen LogP contribution in [0.2, 0.25) is 0 Å². The molecule has 1 aromatic rings. The molecule has 0 saturated carbocycles. The summed E-state index contributed by atoms with van der Waals surface area (Å²) in [5.74, 6) is -3.60. The Hall–Kier alpha value is -0.773. The van der Waals surface area contributed by atoms with E-state index in [2.05, 4.69) is 0 Å². The first-order valence-corrected chi connectivity index (χ1v) is 4.82. The van der Waals surface area contributed by atoms with Crippen LogP contribution >= 0.6 is 0 Å². The van der Waals surface area contributed by atoms with E-state index in [0.717, 1.165) is 22.4 Å². The summed E-state index contributed by atoms with van der Waals surface area (Å²) in [4.78, 5) is 0. The molecular weight excluding hydrogens is 181 g/mol. The maximum atomic E-state index is 12.6. The molecule has 0 heterocycles. The molecule has 0 bridgehead atoms. The lowest BCUT2D eigenvalue weighted by molar-refractivity contribution is 0.445. The molecule has 12 heavy (non-hydrogen) atoms. The minimum atomic E-state index is -1.39. The van der Waals surface area contributed by atoms with Crippen molar-refractivity contribution < 1.29 is 13.2 Å². The summed E-state index contributed by atoms with van der Waals surface area (Å²) in [6.45, 7) is 1.85. The summed E-state index contributed by atoms with van der Waals surface area (Å²) in [6, 6.07) is 2.10. The molecule has 1 unspecified atom stereocenters. The average Bonchev–Trinajstić information content (AvgIpc) is 1.99. The minimum Gasteiger partial charge on any atom is -0.204 e. The van der Waals surface area contributed by atoms with Gasteiger partial charge in [-0.15, -0.1) is 0 Å². The van der Waals surface area contributed by atoms with Crippen molar-refractivity contribution in [2.45, 2.75) is 12.5 Å². The monoisotopic (exact) mass is 190 g/mol. The summed E-state index contributed by atoms with van der Waals surface area (Å²) < 4.78 is 37.6. The van der Waals surface area contributed by atoms with Gasteiger partial charge in [0.05, 0.1) is 0 Å². The van der Waals surface area contributed by atoms with Crippen molar-refractivity contribution in [3.8, 4) is 0 Å². The first-order chi connectivity index (χ1) is 5.52. The Balaban J connectivity index is 3.21. The molecule has 0 N–H and O–H groups in total. The van der Waals surface area contributed by atoms with Crippen LogP contribution in [-0.2, 0) is 0 Å². The lowest BCUT2D eigenvalue weighted by atomic mass is 10.1. The molecule has 0 amide bonds. The predicted molar refractivity (Wildman–Crippen MR) is 44.7 cm³/mol. The SMILES string of the molecule is CC([SiH3])c1cc(F)c(F)c(F)c1. The van der Waals surface area contributed by atoms with Crippen LogP contribution in [0.25, 0.3) is 0 Å². The van der Waals surface area contributed by atoms with Gasteiger partial charge in [0.15, 0.2) is 17.5 Å². The number of halogens is 3. The fraction of sp³-hybridized carbons (Fsp3) is 0.250. The molecule has 0 aliphatic rings. The zero-order valence-electron chi connectivity index (χ0n) is 6.87. The van der Waals surface area contributed by atoms with Crippen molar-refractivity contribution in [1.29, 1.82) is 0 Å². The normalized spacial score (nSPS) is 13.3. The fourth-order valence-electron chi connectivity index (χ4n) is 0.908. The van der Waals surface area contributed by atoms with E-state index in [1.54, 1.807) is 0 Å². The van der Waals surface area contributed by atoms with Crippen molar-refractivity contribution in [2.75, 3.05) is 0 Å². The largest absolute Gasteiger partial charge is 0.204 e. The van der Waals surface area contributed by atoms with Crippen molar-refractivity contribution in [3.63, 3.8) is 0 Å². The molecule has 4 heteroatoms. The van der Waals surface area contributed by atoms with Gasteiger partial charge in [-0.25, -0.2) is 13.2 Å². The first-order valence-electron chi connectivity index (χ1n) is 3.67. The van der Waals surface area contributed by atoms with E-state index in [1.807, 2.05) is 6.92 Å². The van der Waals surface area contributed by atoms with E-state index >= 15 is 0 Å². The summed E-state index contributed by atoms with van der Waals surface area (Å²) in [5.41, 5.74) is 0.660. The Bertz CT molecular complexity index is 273. The van der Waals surface area contributed by atoms with Crippen molar-refractivity contribution in [1.82, 2.24) is 0 Å². The second-order valence-corrected chi connectivity index (χ2v) is 4.69. The van der Waals surface area contributed by atoms with Crippen LogP contribution < -0.4 is 0 Å². The van der Waals surface area contributed by atoms with Crippen LogP contribution in [0.1, 0.15) is 18.0 Å². The van der Waals surface area contributed by atoms with Crippen LogP contribution in [0.4, 0.5) is 13.2 Å². The smallest absolute Gasteiger partial charge is 0.194 e. The van der Waals surface area contributed by atoms with Crippen LogP contribution in [0, 0.1) is 17.5 Å². The standard InChI is InChI=1S/C8H9F3Si/c1-4(12)5-2-6(9)8(11)7(10)3-5/h2-4H,1,12H3. The highest BCUT2D eigenvalue weighted by Crippen LogP contribution is 2.18. The molecule has 66 valence electrons. The third kappa shape index (κ3) is 1.69. The molecule has 0 saturated heterocycles. The van der Waals surface area contributed by atoms with Gasteiger partial charge in [0, 0.05) is 10.2 Å². The highest BCUT2D eigenvalue weighted by Gasteiger charge is 2.11. The fourth-order valence-corrected chi connectivity index (χ4v) is 1.24. The topological polar surface area (TPSA) is 0 Å². The van der Waals surface area contributed by atoms with Crippen LogP contribution in [-0.4, -0.2) is 10.2 Å². The molecule has 0 aromatic heterocycles. The van der Waals surface area contributed by atoms with Gasteiger partial charge < -0.3 is 0 Å². The molecule has 1 aromatic carbocycles. The molecule has 0 fully saturated rings. The summed E-state index contributed by atoms with van der Waals surface area (Å²) in [5, 5.41) is 0. The number of hydrogen-bond donors (Lipinski definition) is 0. The Morgan fingerprint density at radius 1 is 1.17 bits per heavy atom. The quantitative estimate of drug-likeness (QED) is 0.465. The summed E-state index contributed by atoms with van der Waals surface area (Å²) in [7, 11) is 0.794. The number of hydrogen-bond acceptors (Lipinski definition) is 0. The van der Waals surface area contributed by atoms with Gasteiger partial charge in [0.1, 0.15) is 0 Å². The van der Waals surface area contributed by atoms with Crippen LogP contribution in [0.3, 0.4) is 0 Å². The lowest BCUT2D eigenvalue weighted by Crippen LogP contribution is -1.98. The molecule has 0 aliphatic carbocycles.